The molecule has 4 aromatic rings. The summed E-state index contributed by atoms with van der Waals surface area (Å²) in [5, 5.41) is 17.7. The Kier molecular flexibility index (Phi) is 3.53. The van der Waals surface area contributed by atoms with Gasteiger partial charge in [-0.1, -0.05) is 24.3 Å². The highest BCUT2D eigenvalue weighted by Gasteiger charge is 2.34. The third-order valence-corrected chi connectivity index (χ3v) is 4.99. The van der Waals surface area contributed by atoms with E-state index in [2.05, 4.69) is 10.1 Å². The molecule has 29 heavy (non-hydrogen) atoms. The summed E-state index contributed by atoms with van der Waals surface area (Å²) < 4.78 is 0. The zero-order valence-corrected chi connectivity index (χ0v) is 14.8. The summed E-state index contributed by atoms with van der Waals surface area (Å²) in [6.45, 7) is 0. The fourth-order valence-electron chi connectivity index (χ4n) is 3.65. The highest BCUT2D eigenvalue weighted by atomic mass is 16.6. The molecule has 8 nitrogen and oxygen atoms in total. The third-order valence-electron chi connectivity index (χ3n) is 4.99. The molecule has 0 radical (unpaired) electrons. The predicted octanol–water partition coefficient (Wildman–Crippen LogP) is 3.86. The first-order chi connectivity index (χ1) is 14.1. The molecule has 1 aliphatic rings. The number of amides is 2. The molecule has 5 rings (SSSR count). The average Bonchev–Trinajstić information content (AvgIpc) is 3.14. The van der Waals surface area contributed by atoms with Gasteiger partial charge in [-0.25, -0.2) is 0 Å². The summed E-state index contributed by atoms with van der Waals surface area (Å²) >= 11 is 0. The summed E-state index contributed by atoms with van der Waals surface area (Å²) in [4.78, 5) is 39.7. The van der Waals surface area contributed by atoms with E-state index in [9.17, 15) is 19.7 Å². The number of fused-ring (bicyclic) bond motifs is 1. The number of carbonyl (C=O) groups excluding carboxylic acids is 2. The molecule has 0 fully saturated rings. The van der Waals surface area contributed by atoms with Gasteiger partial charge in [0.15, 0.2) is 0 Å². The first kappa shape index (κ1) is 16.8. The van der Waals surface area contributed by atoms with E-state index in [4.69, 9.17) is 0 Å². The highest BCUT2D eigenvalue weighted by molar-refractivity contribution is 6.26. The fraction of sp³-hybridized carbons (Fsp3) is 0. The number of nitro benzene ring substituents is 1. The van der Waals surface area contributed by atoms with Gasteiger partial charge in [0.05, 0.1) is 27.7 Å². The molecule has 0 atom stereocenters. The number of hydrogen-bond acceptors (Lipinski definition) is 5. The number of imide groups is 1. The molecule has 2 heterocycles. The van der Waals surface area contributed by atoms with E-state index in [-0.39, 0.29) is 27.6 Å². The van der Waals surface area contributed by atoms with E-state index in [1.54, 1.807) is 18.3 Å². The van der Waals surface area contributed by atoms with Crippen LogP contribution in [0.25, 0.3) is 21.7 Å². The standard InChI is InChI=1S/C21H12N4O4/c26-20-15-6-3-5-14-18(25(28)29)9-8-16(19(14)15)21(27)24(20)23-11-12-10-22-17-7-2-1-4-13(12)17/h1-11,22H. The maximum Gasteiger partial charge on any atom is 0.282 e. The maximum absolute atomic E-state index is 12.9. The average molecular weight is 384 g/mol. The Morgan fingerprint density at radius 3 is 2.45 bits per heavy atom. The van der Waals surface area contributed by atoms with Gasteiger partial charge >= 0.3 is 0 Å². The number of benzene rings is 3. The van der Waals surface area contributed by atoms with Crippen LogP contribution in [0.2, 0.25) is 0 Å². The van der Waals surface area contributed by atoms with Gasteiger partial charge in [-0.05, 0) is 24.3 Å². The maximum atomic E-state index is 12.9. The first-order valence-electron chi connectivity index (χ1n) is 8.75. The van der Waals surface area contributed by atoms with E-state index in [1.807, 2.05) is 24.3 Å². The Labute approximate surface area is 163 Å². The lowest BCUT2D eigenvalue weighted by atomic mass is 9.94. The number of nitro groups is 1. The van der Waals surface area contributed by atoms with Gasteiger partial charge < -0.3 is 4.98 Å². The molecule has 140 valence electrons. The normalized spacial score (nSPS) is 13.7. The van der Waals surface area contributed by atoms with Crippen molar-refractivity contribution >= 4 is 45.4 Å². The van der Waals surface area contributed by atoms with Crippen molar-refractivity contribution in [3.05, 3.63) is 87.6 Å². The van der Waals surface area contributed by atoms with Crippen molar-refractivity contribution in [3.63, 3.8) is 0 Å². The minimum Gasteiger partial charge on any atom is -0.361 e. The van der Waals surface area contributed by atoms with Crippen LogP contribution < -0.4 is 0 Å². The van der Waals surface area contributed by atoms with Crippen LogP contribution in [0.4, 0.5) is 5.69 Å². The van der Waals surface area contributed by atoms with Crippen LogP contribution in [-0.4, -0.2) is 32.9 Å². The van der Waals surface area contributed by atoms with Crippen molar-refractivity contribution in [3.8, 4) is 0 Å². The topological polar surface area (TPSA) is 109 Å². The first-order valence-corrected chi connectivity index (χ1v) is 8.75. The molecule has 1 aromatic heterocycles. The molecule has 1 N–H and O–H groups in total. The second kappa shape index (κ2) is 6.10. The number of hydrogen-bond donors (Lipinski definition) is 1. The summed E-state index contributed by atoms with van der Waals surface area (Å²) in [5.74, 6) is -1.24. The van der Waals surface area contributed by atoms with Gasteiger partial charge in [-0.3, -0.25) is 19.7 Å². The van der Waals surface area contributed by atoms with Gasteiger partial charge in [0.1, 0.15) is 0 Å². The molecular formula is C21H12N4O4. The molecular weight excluding hydrogens is 372 g/mol. The molecule has 0 bridgehead atoms. The van der Waals surface area contributed by atoms with Crippen molar-refractivity contribution < 1.29 is 14.5 Å². The lowest BCUT2D eigenvalue weighted by Gasteiger charge is -2.22. The van der Waals surface area contributed by atoms with Crippen LogP contribution in [0.3, 0.4) is 0 Å². The number of hydrazone groups is 1. The largest absolute Gasteiger partial charge is 0.361 e. The van der Waals surface area contributed by atoms with Crippen LogP contribution in [0.1, 0.15) is 26.3 Å². The minimum atomic E-state index is -0.621. The Bertz CT molecular complexity index is 1360. The number of nitrogens with zero attached hydrogens (tertiary/aromatic N) is 3. The zero-order chi connectivity index (χ0) is 20.1. The molecule has 0 saturated carbocycles. The Morgan fingerprint density at radius 1 is 0.931 bits per heavy atom. The quantitative estimate of drug-likeness (QED) is 0.250. The van der Waals surface area contributed by atoms with E-state index < -0.39 is 16.7 Å². The highest BCUT2D eigenvalue weighted by Crippen LogP contribution is 2.35. The van der Waals surface area contributed by atoms with Gasteiger partial charge in [0, 0.05) is 34.1 Å². The van der Waals surface area contributed by atoms with Crippen LogP contribution in [0.5, 0.6) is 0 Å². The monoisotopic (exact) mass is 384 g/mol. The van der Waals surface area contributed by atoms with E-state index in [1.165, 1.54) is 24.4 Å². The van der Waals surface area contributed by atoms with Crippen LogP contribution in [0, 0.1) is 10.1 Å². The van der Waals surface area contributed by atoms with Gasteiger partial charge in [0.25, 0.3) is 17.5 Å². The number of nitrogens with one attached hydrogen (secondary N) is 1. The fourth-order valence-corrected chi connectivity index (χ4v) is 3.65. The molecule has 8 heteroatoms. The van der Waals surface area contributed by atoms with Crippen molar-refractivity contribution in [2.75, 3.05) is 0 Å². The van der Waals surface area contributed by atoms with Crippen molar-refractivity contribution in [1.82, 2.24) is 9.99 Å². The number of carbonyl (C=O) groups is 2. The summed E-state index contributed by atoms with van der Waals surface area (Å²) in [6, 6.07) is 14.9. The number of rotatable bonds is 3. The predicted molar refractivity (Wildman–Crippen MR) is 107 cm³/mol. The minimum absolute atomic E-state index is 0.151. The number of para-hydroxylation sites is 1. The van der Waals surface area contributed by atoms with E-state index >= 15 is 0 Å². The zero-order valence-electron chi connectivity index (χ0n) is 14.8. The van der Waals surface area contributed by atoms with Gasteiger partial charge in [-0.15, -0.1) is 0 Å². The van der Waals surface area contributed by atoms with Crippen LogP contribution in [-0.2, 0) is 0 Å². The Morgan fingerprint density at radius 2 is 1.66 bits per heavy atom. The smallest absolute Gasteiger partial charge is 0.282 e. The summed E-state index contributed by atoms with van der Waals surface area (Å²) in [5.41, 5.74) is 1.90. The van der Waals surface area contributed by atoms with Crippen molar-refractivity contribution in [1.29, 1.82) is 0 Å². The van der Waals surface area contributed by atoms with Crippen molar-refractivity contribution in [2.24, 2.45) is 5.10 Å². The number of non-ortho nitro benzene ring substituents is 1. The van der Waals surface area contributed by atoms with Crippen LogP contribution >= 0.6 is 0 Å². The van der Waals surface area contributed by atoms with Crippen LogP contribution in [0.15, 0.2) is 65.9 Å². The summed E-state index contributed by atoms with van der Waals surface area (Å²) in [7, 11) is 0. The van der Waals surface area contributed by atoms with E-state index in [0.717, 1.165) is 21.5 Å². The molecule has 0 unspecified atom stereocenters. The Balaban J connectivity index is 1.62. The molecule has 0 spiro atoms. The molecule has 2 amide bonds. The molecule has 1 aliphatic heterocycles. The molecule has 0 saturated heterocycles. The second-order valence-corrected chi connectivity index (χ2v) is 6.57. The molecule has 0 aliphatic carbocycles. The second-order valence-electron chi connectivity index (χ2n) is 6.57. The Hall–Kier alpha value is -4.33. The molecule has 3 aromatic carbocycles. The summed E-state index contributed by atoms with van der Waals surface area (Å²) in [6.07, 6.45) is 3.19. The van der Waals surface area contributed by atoms with Crippen molar-refractivity contribution in [2.45, 2.75) is 0 Å². The number of aromatic nitrogens is 1. The SMILES string of the molecule is O=C1c2cccc3c([N+](=O)[O-])ccc(c23)C(=O)N1N=Cc1c[nH]c2ccccc12. The lowest BCUT2D eigenvalue weighted by molar-refractivity contribution is -0.383. The number of aromatic amines is 1. The van der Waals surface area contributed by atoms with E-state index in [0.29, 0.717) is 0 Å². The third kappa shape index (κ3) is 2.43. The van der Waals surface area contributed by atoms with Gasteiger partial charge in [0.2, 0.25) is 0 Å². The van der Waals surface area contributed by atoms with Gasteiger partial charge in [-0.2, -0.15) is 10.1 Å². The lowest BCUT2D eigenvalue weighted by Crippen LogP contribution is -2.36. The number of H-pyrrole nitrogens is 1.